The van der Waals surface area contributed by atoms with Crippen molar-refractivity contribution in [3.63, 3.8) is 0 Å². The molecule has 0 spiro atoms. The number of nitrogens with one attached hydrogen (secondary N) is 3. The highest BCUT2D eigenvalue weighted by molar-refractivity contribution is 5.89. The van der Waals surface area contributed by atoms with Gasteiger partial charge in [0.05, 0.1) is 18.7 Å². The van der Waals surface area contributed by atoms with Gasteiger partial charge >= 0.3 is 0 Å². The average Bonchev–Trinajstić information content (AvgIpc) is 3.68. The third-order valence-electron chi connectivity index (χ3n) is 7.37. The number of fused-ring (bicyclic) bond motifs is 4. The van der Waals surface area contributed by atoms with E-state index in [4.69, 9.17) is 14.2 Å². The highest BCUT2D eigenvalue weighted by Gasteiger charge is 2.44. The molecule has 10 heteroatoms. The molecule has 3 unspecified atom stereocenters. The molecule has 6 rings (SSSR count). The number of hydrogen-bond acceptors (Lipinski definition) is 9. The summed E-state index contributed by atoms with van der Waals surface area (Å²) in [6.45, 7) is 3.61. The van der Waals surface area contributed by atoms with Gasteiger partial charge in [-0.1, -0.05) is 31.5 Å². The molecule has 38 heavy (non-hydrogen) atoms. The molecule has 0 radical (unpaired) electrons. The van der Waals surface area contributed by atoms with Crippen LogP contribution in [0.1, 0.15) is 56.2 Å². The Morgan fingerprint density at radius 1 is 1.16 bits per heavy atom. The fraction of sp³-hybridized carbons (Fsp3) is 0.429. The molecule has 3 atom stereocenters. The summed E-state index contributed by atoms with van der Waals surface area (Å²) in [7, 11) is 0. The molecule has 4 aliphatic rings. The van der Waals surface area contributed by atoms with E-state index in [9.17, 15) is 4.79 Å². The van der Waals surface area contributed by atoms with Gasteiger partial charge in [-0.05, 0) is 48.2 Å². The molecule has 200 valence electrons. The van der Waals surface area contributed by atoms with Crippen LogP contribution in [0.25, 0.3) is 0 Å². The number of benzene rings is 2. The zero-order valence-corrected chi connectivity index (χ0v) is 21.6. The molecule has 1 amide bonds. The lowest BCUT2D eigenvalue weighted by molar-refractivity contribution is -0.121. The van der Waals surface area contributed by atoms with E-state index in [2.05, 4.69) is 68.6 Å². The van der Waals surface area contributed by atoms with E-state index in [0.29, 0.717) is 19.4 Å². The number of carbonyl (C=O) groups excluding carboxylic acids is 1. The van der Waals surface area contributed by atoms with Gasteiger partial charge in [-0.25, -0.2) is 5.43 Å². The largest absolute Gasteiger partial charge is 0.494 e. The van der Waals surface area contributed by atoms with Crippen molar-refractivity contribution < 1.29 is 19.0 Å². The minimum atomic E-state index is -0.0128. The van der Waals surface area contributed by atoms with Gasteiger partial charge in [-0.15, -0.1) is 0 Å². The van der Waals surface area contributed by atoms with Crippen LogP contribution >= 0.6 is 0 Å². The van der Waals surface area contributed by atoms with E-state index in [1.54, 1.807) is 0 Å². The maximum Gasteiger partial charge on any atom is 0.231 e. The van der Waals surface area contributed by atoms with Gasteiger partial charge in [0.1, 0.15) is 17.8 Å². The third-order valence-corrected chi connectivity index (χ3v) is 7.37. The van der Waals surface area contributed by atoms with Crippen molar-refractivity contribution in [2.75, 3.05) is 13.4 Å². The third kappa shape index (κ3) is 5.08. The monoisotopic (exact) mass is 518 g/mol. The maximum absolute atomic E-state index is 12.5. The Bertz CT molecular complexity index is 1220. The van der Waals surface area contributed by atoms with Crippen LogP contribution in [0.15, 0.2) is 60.0 Å². The molecular formula is C28H34N6O4. The molecule has 4 aliphatic heterocycles. The SMILES string of the molecule is CCCCOc1ccc(C2CC3C4NN=C(CCC(=O)NCc5ccc6c(c5)OCO6)N4C=CN3N2)cc1. The Hall–Kier alpha value is -3.92. The molecule has 2 aromatic rings. The van der Waals surface area contributed by atoms with Crippen LogP contribution in [0.2, 0.25) is 0 Å². The van der Waals surface area contributed by atoms with Crippen LogP contribution in [0, 0.1) is 0 Å². The minimum absolute atomic E-state index is 0.0128. The Morgan fingerprint density at radius 2 is 2.03 bits per heavy atom. The number of rotatable bonds is 10. The first-order valence-electron chi connectivity index (χ1n) is 13.4. The summed E-state index contributed by atoms with van der Waals surface area (Å²) >= 11 is 0. The zero-order chi connectivity index (χ0) is 25.9. The Labute approximate surface area is 222 Å². The van der Waals surface area contributed by atoms with Gasteiger partial charge in [-0.2, -0.15) is 5.10 Å². The highest BCUT2D eigenvalue weighted by atomic mass is 16.7. The normalized spacial score (nSPS) is 22.6. The topological polar surface area (TPSA) is 99.7 Å². The molecule has 0 saturated carbocycles. The van der Waals surface area contributed by atoms with Gasteiger partial charge in [0, 0.05) is 31.8 Å². The Morgan fingerprint density at radius 3 is 2.89 bits per heavy atom. The predicted octanol–water partition coefficient (Wildman–Crippen LogP) is 3.34. The average molecular weight is 519 g/mol. The Kier molecular flexibility index (Phi) is 6.96. The van der Waals surface area contributed by atoms with Gasteiger partial charge in [0.15, 0.2) is 11.5 Å². The lowest BCUT2D eigenvalue weighted by atomic mass is 9.99. The molecule has 1 fully saturated rings. The summed E-state index contributed by atoms with van der Waals surface area (Å²) in [5.74, 6) is 3.24. The number of nitrogens with zero attached hydrogens (tertiary/aromatic N) is 3. The van der Waals surface area contributed by atoms with Crippen LogP contribution < -0.4 is 30.4 Å². The van der Waals surface area contributed by atoms with Crippen molar-refractivity contribution in [3.8, 4) is 17.2 Å². The number of carbonyl (C=O) groups is 1. The fourth-order valence-electron chi connectivity index (χ4n) is 5.22. The number of amidine groups is 1. The molecule has 1 saturated heterocycles. The second-order valence-corrected chi connectivity index (χ2v) is 9.93. The van der Waals surface area contributed by atoms with Crippen molar-refractivity contribution in [2.24, 2.45) is 5.10 Å². The predicted molar refractivity (Wildman–Crippen MR) is 142 cm³/mol. The summed E-state index contributed by atoms with van der Waals surface area (Å²) in [4.78, 5) is 14.7. The van der Waals surface area contributed by atoms with Gasteiger partial charge < -0.3 is 29.4 Å². The highest BCUT2D eigenvalue weighted by Crippen LogP contribution is 2.35. The van der Waals surface area contributed by atoms with Crippen molar-refractivity contribution in [3.05, 3.63) is 66.0 Å². The first-order valence-corrected chi connectivity index (χ1v) is 13.4. The standard InChI is InChI=1S/C28H34N6O4/c1-2-3-14-36-21-7-5-20(6-8-21)22-16-23-28-31-30-26(33(28)12-13-34(23)32-22)10-11-27(35)29-17-19-4-9-24-25(15-19)38-18-37-24/h4-9,12-13,15,22-23,28,31-32H,2-3,10-11,14,16-18H2,1H3,(H,29,35). The van der Waals surface area contributed by atoms with E-state index in [0.717, 1.165) is 54.5 Å². The second kappa shape index (κ2) is 10.8. The second-order valence-electron chi connectivity index (χ2n) is 9.93. The maximum atomic E-state index is 12.5. The summed E-state index contributed by atoms with van der Waals surface area (Å²) < 4.78 is 16.6. The zero-order valence-electron chi connectivity index (χ0n) is 21.6. The number of hydrazone groups is 1. The molecule has 10 nitrogen and oxygen atoms in total. The first kappa shape index (κ1) is 24.4. The molecule has 4 heterocycles. The quantitative estimate of drug-likeness (QED) is 0.412. The van der Waals surface area contributed by atoms with Gasteiger partial charge in [0.25, 0.3) is 0 Å². The van der Waals surface area contributed by atoms with E-state index < -0.39 is 0 Å². The lowest BCUT2D eigenvalue weighted by Crippen LogP contribution is -2.54. The summed E-state index contributed by atoms with van der Waals surface area (Å²) in [6, 6.07) is 14.5. The number of unbranched alkanes of at least 4 members (excludes halogenated alkanes) is 1. The van der Waals surface area contributed by atoms with Gasteiger partial charge in [-0.3, -0.25) is 10.2 Å². The van der Waals surface area contributed by atoms with Crippen molar-refractivity contribution >= 4 is 11.7 Å². The van der Waals surface area contributed by atoms with Crippen LogP contribution in [0.4, 0.5) is 0 Å². The van der Waals surface area contributed by atoms with Crippen molar-refractivity contribution in [1.29, 1.82) is 0 Å². The van der Waals surface area contributed by atoms with Crippen molar-refractivity contribution in [2.45, 2.75) is 63.8 Å². The van der Waals surface area contributed by atoms with Crippen LogP contribution in [-0.2, 0) is 11.3 Å². The molecule has 0 bridgehead atoms. The van der Waals surface area contributed by atoms with Crippen LogP contribution in [0.3, 0.4) is 0 Å². The van der Waals surface area contributed by atoms with Crippen LogP contribution in [-0.4, -0.2) is 47.3 Å². The first-order chi connectivity index (χ1) is 18.7. The summed E-state index contributed by atoms with van der Waals surface area (Å²) in [5, 5.41) is 9.73. The number of hydrazine groups is 1. The number of hydrogen-bond donors (Lipinski definition) is 3. The fourth-order valence-corrected chi connectivity index (χ4v) is 5.22. The molecule has 2 aromatic carbocycles. The molecular weight excluding hydrogens is 484 g/mol. The van der Waals surface area contributed by atoms with E-state index in [1.165, 1.54) is 5.56 Å². The molecule has 0 aromatic heterocycles. The molecule has 3 N–H and O–H groups in total. The van der Waals surface area contributed by atoms with Crippen molar-refractivity contribution in [1.82, 2.24) is 26.1 Å². The number of ether oxygens (including phenoxy) is 3. The summed E-state index contributed by atoms with van der Waals surface area (Å²) in [6.07, 6.45) is 8.18. The van der Waals surface area contributed by atoms with Gasteiger partial charge in [0.2, 0.25) is 12.7 Å². The summed E-state index contributed by atoms with van der Waals surface area (Å²) in [5.41, 5.74) is 9.12. The Balaban J connectivity index is 0.984. The van der Waals surface area contributed by atoms with E-state index in [-0.39, 0.29) is 30.9 Å². The minimum Gasteiger partial charge on any atom is -0.494 e. The van der Waals surface area contributed by atoms with Crippen LogP contribution in [0.5, 0.6) is 17.2 Å². The van der Waals surface area contributed by atoms with E-state index in [1.807, 2.05) is 24.4 Å². The lowest BCUT2D eigenvalue weighted by Gasteiger charge is -2.37. The molecule has 0 aliphatic carbocycles. The smallest absolute Gasteiger partial charge is 0.231 e. The van der Waals surface area contributed by atoms with E-state index >= 15 is 0 Å². The number of amides is 1.